The van der Waals surface area contributed by atoms with Gasteiger partial charge in [-0.25, -0.2) is 14.8 Å². The Balaban J connectivity index is 1.53. The highest BCUT2D eigenvalue weighted by Crippen LogP contribution is 2.24. The Morgan fingerprint density at radius 2 is 1.60 bits per heavy atom. The number of hydrogen-bond donors (Lipinski definition) is 2. The van der Waals surface area contributed by atoms with E-state index in [9.17, 15) is 24.3 Å². The van der Waals surface area contributed by atoms with E-state index in [0.29, 0.717) is 17.3 Å². The van der Waals surface area contributed by atoms with Gasteiger partial charge in [-0.05, 0) is 31.5 Å². The minimum Gasteiger partial charge on any atom is -0.481 e. The van der Waals surface area contributed by atoms with E-state index in [4.69, 9.17) is 4.74 Å². The van der Waals surface area contributed by atoms with Crippen molar-refractivity contribution in [2.75, 3.05) is 32.8 Å². The van der Waals surface area contributed by atoms with Crippen LogP contribution >= 0.6 is 11.8 Å². The number of carbonyl (C=O) groups excluding carboxylic acids is 3. The topological polar surface area (TPSA) is 142 Å². The fraction of sp³-hybridized carbons (Fsp3) is 0.333. The number of rotatable bonds is 11. The normalized spacial score (nSPS) is 13.7. The Bertz CT molecular complexity index is 1380. The quantitative estimate of drug-likeness (QED) is 0.319. The highest BCUT2D eigenvalue weighted by Gasteiger charge is 2.31. The van der Waals surface area contributed by atoms with Gasteiger partial charge in [-0.15, -0.1) is 11.8 Å². The molecule has 0 unspecified atom stereocenters. The molecule has 1 aliphatic heterocycles. The lowest BCUT2D eigenvalue weighted by Crippen LogP contribution is -2.56. The van der Waals surface area contributed by atoms with Gasteiger partial charge in [-0.3, -0.25) is 14.4 Å². The predicted octanol–water partition coefficient (Wildman–Crippen LogP) is 3.70. The van der Waals surface area contributed by atoms with Gasteiger partial charge >= 0.3 is 12.1 Å². The summed E-state index contributed by atoms with van der Waals surface area (Å²) in [4.78, 5) is 63.6. The van der Waals surface area contributed by atoms with Gasteiger partial charge in [0.05, 0.1) is 12.3 Å². The molecule has 0 radical (unpaired) electrons. The third kappa shape index (κ3) is 8.53. The number of piperazine rings is 1. The van der Waals surface area contributed by atoms with Gasteiger partial charge in [0.15, 0.2) is 5.82 Å². The molecule has 11 nitrogen and oxygen atoms in total. The summed E-state index contributed by atoms with van der Waals surface area (Å²) in [6.07, 6.45) is -0.845. The Kier molecular flexibility index (Phi) is 10.9. The van der Waals surface area contributed by atoms with Gasteiger partial charge in [-0.1, -0.05) is 48.5 Å². The second-order valence-corrected chi connectivity index (χ2v) is 10.6. The number of nitrogens with one attached hydrogen (secondary N) is 1. The third-order valence-corrected chi connectivity index (χ3v) is 7.59. The largest absolute Gasteiger partial charge is 0.481 e. The van der Waals surface area contributed by atoms with Gasteiger partial charge < -0.3 is 25.0 Å². The second-order valence-electron chi connectivity index (χ2n) is 9.51. The van der Waals surface area contributed by atoms with Crippen LogP contribution in [0.3, 0.4) is 0 Å². The molecule has 12 heteroatoms. The Hall–Kier alpha value is -4.45. The number of amides is 3. The lowest BCUT2D eigenvalue weighted by Gasteiger charge is -2.35. The molecule has 3 aromatic rings. The third-order valence-electron chi connectivity index (χ3n) is 6.54. The van der Waals surface area contributed by atoms with E-state index < -0.39 is 29.9 Å². The van der Waals surface area contributed by atoms with Crippen LogP contribution in [0.1, 0.15) is 35.9 Å². The zero-order valence-corrected chi connectivity index (χ0v) is 24.1. The maximum atomic E-state index is 13.5. The number of benzene rings is 2. The van der Waals surface area contributed by atoms with E-state index in [-0.39, 0.29) is 51.3 Å². The summed E-state index contributed by atoms with van der Waals surface area (Å²) in [5.74, 6) is -1.24. The lowest BCUT2D eigenvalue weighted by molar-refractivity contribution is -0.138. The molecule has 1 saturated heterocycles. The zero-order valence-electron chi connectivity index (χ0n) is 23.3. The van der Waals surface area contributed by atoms with Gasteiger partial charge in [0.1, 0.15) is 11.7 Å². The van der Waals surface area contributed by atoms with Crippen LogP contribution in [0.2, 0.25) is 0 Å². The predicted molar refractivity (Wildman–Crippen MR) is 157 cm³/mol. The molecule has 42 heavy (non-hydrogen) atoms. The van der Waals surface area contributed by atoms with Crippen LogP contribution in [0, 0.1) is 0 Å². The minimum atomic E-state index is -1.08. The van der Waals surface area contributed by atoms with Crippen LogP contribution in [0.25, 0.3) is 11.4 Å². The van der Waals surface area contributed by atoms with E-state index in [0.717, 1.165) is 10.5 Å². The Morgan fingerprint density at radius 3 is 2.24 bits per heavy atom. The number of aromatic nitrogens is 2. The fourth-order valence-corrected chi connectivity index (χ4v) is 5.19. The number of carboxylic acid groups (broad SMARTS) is 1. The monoisotopic (exact) mass is 591 g/mol. The number of carboxylic acids is 1. The number of ether oxygens (including phenoxy) is 1. The molecule has 2 aromatic carbocycles. The van der Waals surface area contributed by atoms with E-state index in [2.05, 4.69) is 15.3 Å². The van der Waals surface area contributed by atoms with Crippen molar-refractivity contribution in [2.24, 2.45) is 0 Å². The van der Waals surface area contributed by atoms with Crippen molar-refractivity contribution in [1.82, 2.24) is 25.1 Å². The molecule has 0 saturated carbocycles. The minimum absolute atomic E-state index is 0.0766. The van der Waals surface area contributed by atoms with Crippen molar-refractivity contribution in [1.29, 1.82) is 0 Å². The second kappa shape index (κ2) is 15.0. The molecular weight excluding hydrogens is 558 g/mol. The molecule has 1 fully saturated rings. The lowest BCUT2D eigenvalue weighted by atomic mass is 10.1. The van der Waals surface area contributed by atoms with Crippen molar-refractivity contribution in [3.8, 4) is 11.4 Å². The van der Waals surface area contributed by atoms with Gasteiger partial charge in [0.25, 0.3) is 5.91 Å². The first-order valence-corrected chi connectivity index (χ1v) is 14.7. The molecule has 0 aliphatic carbocycles. The number of aliphatic carboxylic acids is 1. The van der Waals surface area contributed by atoms with Crippen LogP contribution in [-0.4, -0.2) is 87.6 Å². The summed E-state index contributed by atoms with van der Waals surface area (Å²) in [6.45, 7) is 3.01. The molecular formula is C30H33N5O6S. The first kappa shape index (κ1) is 30.5. The molecule has 2 heterocycles. The highest BCUT2D eigenvalue weighted by atomic mass is 32.2. The SMILES string of the molecule is CCOC(=O)N1CCN(C(=O)[C@H](CCC(=O)O)NC(=O)c2cc(CSc3ccccc3)nc(-c3ccccc3)n2)CC1. The average Bonchev–Trinajstić information content (AvgIpc) is 3.02. The van der Waals surface area contributed by atoms with Crippen molar-refractivity contribution in [3.05, 3.63) is 78.1 Å². The van der Waals surface area contributed by atoms with Crippen LogP contribution in [-0.2, 0) is 20.1 Å². The van der Waals surface area contributed by atoms with Crippen LogP contribution in [0.4, 0.5) is 4.79 Å². The standard InChI is InChI=1S/C30H33N5O6S/c1-2-41-30(40)35-17-15-34(16-18-35)29(39)24(13-14-26(36)37)33-28(38)25-19-22(20-42-23-11-7-4-8-12-23)31-27(32-25)21-9-5-3-6-10-21/h3-12,19,24H,2,13-18,20H2,1H3,(H,33,38)(H,36,37)/t24-/m0/s1. The summed E-state index contributed by atoms with van der Waals surface area (Å²) in [5.41, 5.74) is 1.44. The molecule has 1 aromatic heterocycles. The molecule has 2 N–H and O–H groups in total. The molecule has 1 atom stereocenters. The number of carbonyl (C=O) groups is 4. The van der Waals surface area contributed by atoms with Gasteiger partial charge in [0.2, 0.25) is 5.91 Å². The molecule has 3 amide bonds. The molecule has 220 valence electrons. The first-order chi connectivity index (χ1) is 20.3. The molecule has 1 aliphatic rings. The van der Waals surface area contributed by atoms with E-state index in [1.165, 1.54) is 9.80 Å². The zero-order chi connectivity index (χ0) is 29.9. The van der Waals surface area contributed by atoms with Crippen molar-refractivity contribution in [2.45, 2.75) is 36.5 Å². The molecule has 4 rings (SSSR count). The maximum Gasteiger partial charge on any atom is 0.409 e. The smallest absolute Gasteiger partial charge is 0.409 e. The average molecular weight is 592 g/mol. The van der Waals surface area contributed by atoms with E-state index in [1.807, 2.05) is 60.7 Å². The number of nitrogens with zero attached hydrogens (tertiary/aromatic N) is 4. The van der Waals surface area contributed by atoms with Crippen molar-refractivity contribution < 1.29 is 29.0 Å². The van der Waals surface area contributed by atoms with Crippen molar-refractivity contribution in [3.63, 3.8) is 0 Å². The summed E-state index contributed by atoms with van der Waals surface area (Å²) < 4.78 is 5.03. The van der Waals surface area contributed by atoms with Crippen molar-refractivity contribution >= 4 is 35.6 Å². The molecule has 0 spiro atoms. The van der Waals surface area contributed by atoms with Crippen LogP contribution in [0.5, 0.6) is 0 Å². The number of hydrogen-bond acceptors (Lipinski definition) is 8. The fourth-order valence-electron chi connectivity index (χ4n) is 4.38. The Morgan fingerprint density at radius 1 is 0.952 bits per heavy atom. The number of thioether (sulfide) groups is 1. The summed E-state index contributed by atoms with van der Waals surface area (Å²) >= 11 is 1.57. The van der Waals surface area contributed by atoms with E-state index >= 15 is 0 Å². The van der Waals surface area contributed by atoms with Gasteiger partial charge in [-0.2, -0.15) is 0 Å². The Labute approximate surface area is 248 Å². The van der Waals surface area contributed by atoms with Crippen LogP contribution in [0.15, 0.2) is 71.6 Å². The van der Waals surface area contributed by atoms with E-state index in [1.54, 1.807) is 24.8 Å². The summed E-state index contributed by atoms with van der Waals surface area (Å²) in [7, 11) is 0. The van der Waals surface area contributed by atoms with Gasteiger partial charge in [0, 0.05) is 48.8 Å². The van der Waals surface area contributed by atoms with Crippen LogP contribution < -0.4 is 5.32 Å². The molecule has 0 bridgehead atoms. The summed E-state index contributed by atoms with van der Waals surface area (Å²) in [6, 6.07) is 19.6. The summed E-state index contributed by atoms with van der Waals surface area (Å²) in [5, 5.41) is 12.0. The first-order valence-electron chi connectivity index (χ1n) is 13.7. The maximum absolute atomic E-state index is 13.5. The highest BCUT2D eigenvalue weighted by molar-refractivity contribution is 7.98.